The van der Waals surface area contributed by atoms with Crippen molar-refractivity contribution in [3.8, 4) is 0 Å². The van der Waals surface area contributed by atoms with E-state index < -0.39 is 0 Å². The van der Waals surface area contributed by atoms with Crippen LogP contribution in [0.5, 0.6) is 0 Å². The molecule has 5 nitrogen and oxygen atoms in total. The van der Waals surface area contributed by atoms with Crippen molar-refractivity contribution >= 4 is 0 Å². The Bertz CT molecular complexity index is 543. The Hall–Kier alpha value is -0.780. The lowest BCUT2D eigenvalue weighted by Gasteiger charge is -2.12. The second kappa shape index (κ2) is 55.0. The van der Waals surface area contributed by atoms with Crippen LogP contribution in [0.4, 0.5) is 0 Å². The van der Waals surface area contributed by atoms with E-state index in [2.05, 4.69) is 60.4 Å². The Kier molecular flexibility index (Phi) is 61.5. The van der Waals surface area contributed by atoms with Gasteiger partial charge < -0.3 is 25.0 Å². The molecule has 0 saturated carbocycles. The summed E-state index contributed by atoms with van der Waals surface area (Å²) in [6.45, 7) is 23.3. The van der Waals surface area contributed by atoms with E-state index in [4.69, 9.17) is 19.7 Å². The van der Waals surface area contributed by atoms with Gasteiger partial charge in [0.1, 0.15) is 0 Å². The third kappa shape index (κ3) is 65.6. The fraction of sp³-hybridized carbons (Fsp3) is 0.956. The Labute approximate surface area is 316 Å². The molecular weight excluding hydrogens is 618 g/mol. The van der Waals surface area contributed by atoms with Gasteiger partial charge in [-0.3, -0.25) is 0 Å². The van der Waals surface area contributed by atoms with Crippen molar-refractivity contribution in [2.45, 2.75) is 228 Å². The van der Waals surface area contributed by atoms with E-state index >= 15 is 0 Å². The minimum atomic E-state index is 0.372. The van der Waals surface area contributed by atoms with E-state index in [1.807, 2.05) is 0 Å². The van der Waals surface area contributed by atoms with Crippen molar-refractivity contribution in [3.05, 3.63) is 12.5 Å². The van der Waals surface area contributed by atoms with Crippen molar-refractivity contribution in [2.24, 2.45) is 11.8 Å². The van der Waals surface area contributed by atoms with Crippen LogP contribution in [0.25, 0.3) is 0 Å². The average molecular weight is 716 g/mol. The molecule has 0 heterocycles. The zero-order valence-corrected chi connectivity index (χ0v) is 35.9. The third-order valence-corrected chi connectivity index (χ3v) is 8.77. The van der Waals surface area contributed by atoms with Gasteiger partial charge in [0.05, 0.1) is 6.61 Å². The zero-order valence-electron chi connectivity index (χ0n) is 35.9. The molecule has 5 heteroatoms. The first-order chi connectivity index (χ1) is 24.3. The fourth-order valence-corrected chi connectivity index (χ4v) is 5.58. The van der Waals surface area contributed by atoms with Crippen molar-refractivity contribution < 1.29 is 19.7 Å². The molecule has 0 aromatic heterocycles. The van der Waals surface area contributed by atoms with Crippen LogP contribution in [0.3, 0.4) is 0 Å². The summed E-state index contributed by atoms with van der Waals surface area (Å²) in [5.41, 5.74) is 0. The molecule has 3 N–H and O–H groups in total. The van der Waals surface area contributed by atoms with Crippen molar-refractivity contribution in [1.82, 2.24) is 5.32 Å². The van der Waals surface area contributed by atoms with Gasteiger partial charge in [0.25, 0.3) is 0 Å². The summed E-state index contributed by atoms with van der Waals surface area (Å²) >= 11 is 0. The first-order valence-corrected chi connectivity index (χ1v) is 22.0. The quantitative estimate of drug-likeness (QED) is 0.0445. The van der Waals surface area contributed by atoms with E-state index in [1.165, 1.54) is 161 Å². The van der Waals surface area contributed by atoms with Gasteiger partial charge in [-0.25, -0.2) is 0 Å². The summed E-state index contributed by atoms with van der Waals surface area (Å²) in [7, 11) is 1.00. The predicted molar refractivity (Wildman–Crippen MR) is 225 cm³/mol. The Morgan fingerprint density at radius 2 is 0.840 bits per heavy atom. The Morgan fingerprint density at radius 1 is 0.480 bits per heavy atom. The molecule has 0 fully saturated rings. The lowest BCUT2D eigenvalue weighted by molar-refractivity contribution is 0.0999. The summed E-state index contributed by atoms with van der Waals surface area (Å²) in [4.78, 5) is 0. The maximum Gasteiger partial charge on any atom is 0.179 e. The van der Waals surface area contributed by atoms with Crippen LogP contribution in [-0.4, -0.2) is 50.3 Å². The second-order valence-corrected chi connectivity index (χ2v) is 15.0. The molecule has 0 aromatic rings. The van der Waals surface area contributed by atoms with Gasteiger partial charge in [-0.15, -0.1) is 0 Å². The van der Waals surface area contributed by atoms with Crippen molar-refractivity contribution in [1.29, 1.82) is 0 Å². The van der Waals surface area contributed by atoms with Gasteiger partial charge in [-0.05, 0) is 37.7 Å². The molecular formula is C45H97NO4. The Morgan fingerprint density at radius 3 is 1.18 bits per heavy atom. The molecule has 0 amide bonds. The van der Waals surface area contributed by atoms with Crippen molar-refractivity contribution in [2.75, 3.05) is 40.1 Å². The first-order valence-electron chi connectivity index (χ1n) is 22.0. The lowest BCUT2D eigenvalue weighted by atomic mass is 10.1. The highest BCUT2D eigenvalue weighted by atomic mass is 16.5. The molecule has 306 valence electrons. The summed E-state index contributed by atoms with van der Waals surface area (Å²) in [5.74, 6) is 2.30. The summed E-state index contributed by atoms with van der Waals surface area (Å²) in [6, 6.07) is 0. The van der Waals surface area contributed by atoms with Gasteiger partial charge in [-0.1, -0.05) is 203 Å². The number of ether oxygens (including phenoxy) is 2. The van der Waals surface area contributed by atoms with Crippen LogP contribution < -0.4 is 5.32 Å². The SMILES string of the molecule is C=C(NCCC(C)C)OCCCOCCCCCCCCCCCCCC.CCCC(C)C.CCCCCCCCCCCCCCO.CO. The molecule has 0 unspecified atom stereocenters. The number of unbranched alkanes of at least 4 members (excludes halogenated alkanes) is 22. The average Bonchev–Trinajstić information content (AvgIpc) is 3.10. The maximum absolute atomic E-state index is 8.61. The highest BCUT2D eigenvalue weighted by Gasteiger charge is 1.98. The molecule has 0 spiro atoms. The van der Waals surface area contributed by atoms with Crippen LogP contribution in [0.1, 0.15) is 228 Å². The fourth-order valence-electron chi connectivity index (χ4n) is 5.58. The molecule has 0 aliphatic carbocycles. The first kappa shape index (κ1) is 56.0. The van der Waals surface area contributed by atoms with E-state index in [-0.39, 0.29) is 0 Å². The van der Waals surface area contributed by atoms with Gasteiger partial charge in [0, 0.05) is 39.9 Å². The predicted octanol–water partition coefficient (Wildman–Crippen LogP) is 13.9. The molecule has 0 aromatic carbocycles. The minimum Gasteiger partial charge on any atom is -0.480 e. The molecule has 0 atom stereocenters. The summed E-state index contributed by atoms with van der Waals surface area (Å²) in [6.07, 6.45) is 37.7. The van der Waals surface area contributed by atoms with Gasteiger partial charge in [0.2, 0.25) is 0 Å². The number of hydrogen-bond donors (Lipinski definition) is 3. The normalized spacial score (nSPS) is 10.6. The molecule has 0 aliphatic heterocycles. The van der Waals surface area contributed by atoms with E-state index in [0.717, 1.165) is 52.0 Å². The highest BCUT2D eigenvalue weighted by Crippen LogP contribution is 2.13. The largest absolute Gasteiger partial charge is 0.480 e. The molecule has 0 aliphatic rings. The van der Waals surface area contributed by atoms with E-state index in [1.54, 1.807) is 0 Å². The van der Waals surface area contributed by atoms with Crippen LogP contribution in [0, 0.1) is 11.8 Å². The topological polar surface area (TPSA) is 71.0 Å². The highest BCUT2D eigenvalue weighted by molar-refractivity contribution is 4.78. The van der Waals surface area contributed by atoms with E-state index in [9.17, 15) is 0 Å². The molecule has 0 rings (SSSR count). The van der Waals surface area contributed by atoms with Crippen LogP contribution in [-0.2, 0) is 9.47 Å². The Balaban J connectivity index is -0.000000383. The molecule has 0 bridgehead atoms. The number of nitrogens with one attached hydrogen (secondary N) is 1. The van der Waals surface area contributed by atoms with Crippen LogP contribution in [0.15, 0.2) is 12.5 Å². The standard InChI is InChI=1S/C24H49NO2.C14H30O.C6H14.CH4O/c1-5-6-7-8-9-10-11-12-13-14-15-16-20-26-21-17-22-27-24(4)25-19-18-23(2)3;1-2-3-4-5-6-7-8-9-10-11-12-13-14-15;1-4-5-6(2)3;1-2/h23,25H,4-22H2,1-3H3;15H,2-14H2,1H3;6H,4-5H2,1-3H3;2H,1H3. The van der Waals surface area contributed by atoms with Crippen LogP contribution >= 0.6 is 0 Å². The summed E-state index contributed by atoms with van der Waals surface area (Å²) < 4.78 is 11.2. The van der Waals surface area contributed by atoms with Crippen molar-refractivity contribution in [3.63, 3.8) is 0 Å². The minimum absolute atomic E-state index is 0.372. The van der Waals surface area contributed by atoms with Gasteiger partial charge in [0.15, 0.2) is 5.88 Å². The summed E-state index contributed by atoms with van der Waals surface area (Å²) in [5, 5.41) is 18.8. The number of rotatable bonds is 36. The number of aliphatic hydroxyl groups is 2. The monoisotopic (exact) mass is 716 g/mol. The smallest absolute Gasteiger partial charge is 0.179 e. The lowest BCUT2D eigenvalue weighted by Crippen LogP contribution is -2.18. The second-order valence-electron chi connectivity index (χ2n) is 15.0. The maximum atomic E-state index is 8.61. The van der Waals surface area contributed by atoms with E-state index in [0.29, 0.717) is 25.0 Å². The number of hydrogen-bond acceptors (Lipinski definition) is 5. The van der Waals surface area contributed by atoms with Crippen LogP contribution in [0.2, 0.25) is 0 Å². The van der Waals surface area contributed by atoms with Gasteiger partial charge in [-0.2, -0.15) is 0 Å². The zero-order chi connectivity index (χ0) is 38.2. The molecule has 0 radical (unpaired) electrons. The third-order valence-electron chi connectivity index (χ3n) is 8.77. The molecule has 0 saturated heterocycles. The van der Waals surface area contributed by atoms with Gasteiger partial charge >= 0.3 is 0 Å². The number of aliphatic hydroxyl groups excluding tert-OH is 2. The molecule has 50 heavy (non-hydrogen) atoms.